The highest BCUT2D eigenvalue weighted by Gasteiger charge is 2.23. The van der Waals surface area contributed by atoms with Gasteiger partial charge in [0.1, 0.15) is 5.82 Å². The van der Waals surface area contributed by atoms with Crippen LogP contribution in [0.3, 0.4) is 0 Å². The zero-order valence-electron chi connectivity index (χ0n) is 14.1. The predicted molar refractivity (Wildman–Crippen MR) is 98.8 cm³/mol. The molecule has 7 heteroatoms. The maximum atomic E-state index is 13.0. The van der Waals surface area contributed by atoms with Crippen LogP contribution in [0.1, 0.15) is 10.4 Å². The van der Waals surface area contributed by atoms with E-state index in [0.717, 1.165) is 0 Å². The Morgan fingerprint density at radius 2 is 1.65 bits per heavy atom. The van der Waals surface area contributed by atoms with Crippen molar-refractivity contribution in [3.05, 3.63) is 64.9 Å². The molecule has 0 unspecified atom stereocenters. The molecule has 0 bridgehead atoms. The number of nitrogens with zero attached hydrogens (tertiary/aromatic N) is 2. The fourth-order valence-corrected chi connectivity index (χ4v) is 3.02. The van der Waals surface area contributed by atoms with Gasteiger partial charge in [-0.05, 0) is 36.4 Å². The molecule has 2 aromatic rings. The quantitative estimate of drug-likeness (QED) is 0.894. The molecule has 5 nitrogen and oxygen atoms in total. The number of rotatable bonds is 4. The third-order valence-electron chi connectivity index (χ3n) is 4.27. The number of halogens is 2. The van der Waals surface area contributed by atoms with Crippen LogP contribution in [0.15, 0.2) is 48.5 Å². The minimum absolute atomic E-state index is 0.120. The largest absolute Gasteiger partial charge is 0.336 e. The number of nitrogens with one attached hydrogen (secondary N) is 1. The molecule has 0 aromatic heterocycles. The van der Waals surface area contributed by atoms with E-state index in [1.54, 1.807) is 29.2 Å². The predicted octanol–water partition coefficient (Wildman–Crippen LogP) is 2.88. The first-order valence-corrected chi connectivity index (χ1v) is 8.72. The molecule has 0 spiro atoms. The minimum atomic E-state index is -0.365. The number of anilines is 1. The van der Waals surface area contributed by atoms with Gasteiger partial charge in [0, 0.05) is 31.7 Å². The van der Waals surface area contributed by atoms with Gasteiger partial charge >= 0.3 is 0 Å². The van der Waals surface area contributed by atoms with E-state index in [2.05, 4.69) is 5.32 Å². The van der Waals surface area contributed by atoms with Crippen molar-refractivity contribution < 1.29 is 14.0 Å². The highest BCUT2D eigenvalue weighted by molar-refractivity contribution is 6.33. The second-order valence-corrected chi connectivity index (χ2v) is 6.51. The van der Waals surface area contributed by atoms with Crippen molar-refractivity contribution in [3.8, 4) is 0 Å². The first-order valence-electron chi connectivity index (χ1n) is 8.34. The lowest BCUT2D eigenvalue weighted by Gasteiger charge is -2.34. The summed E-state index contributed by atoms with van der Waals surface area (Å²) < 4.78 is 13.0. The summed E-state index contributed by atoms with van der Waals surface area (Å²) in [6, 6.07) is 12.6. The Balaban J connectivity index is 1.49. The van der Waals surface area contributed by atoms with Crippen molar-refractivity contribution in [1.82, 2.24) is 9.80 Å². The van der Waals surface area contributed by atoms with Gasteiger partial charge in [-0.2, -0.15) is 0 Å². The molecule has 1 saturated heterocycles. The van der Waals surface area contributed by atoms with E-state index < -0.39 is 0 Å². The maximum Gasteiger partial charge on any atom is 0.253 e. The molecule has 2 amide bonds. The number of carbonyl (C=O) groups is 2. The Kier molecular flexibility index (Phi) is 5.85. The average Bonchev–Trinajstić information content (AvgIpc) is 2.64. The second kappa shape index (κ2) is 8.29. The third-order valence-corrected chi connectivity index (χ3v) is 4.60. The summed E-state index contributed by atoms with van der Waals surface area (Å²) in [5.41, 5.74) is 1.06. The molecular formula is C19H19ClFN3O2. The normalized spacial score (nSPS) is 14.9. The molecule has 2 aromatic carbocycles. The molecular weight excluding hydrogens is 357 g/mol. The lowest BCUT2D eigenvalue weighted by molar-refractivity contribution is -0.117. The summed E-state index contributed by atoms with van der Waals surface area (Å²) in [5.74, 6) is -0.627. The average molecular weight is 376 g/mol. The van der Waals surface area contributed by atoms with Crippen molar-refractivity contribution in [2.24, 2.45) is 0 Å². The van der Waals surface area contributed by atoms with E-state index in [1.807, 2.05) is 4.90 Å². The molecule has 136 valence electrons. The molecule has 1 fully saturated rings. The van der Waals surface area contributed by atoms with Crippen LogP contribution in [0.4, 0.5) is 10.1 Å². The van der Waals surface area contributed by atoms with Gasteiger partial charge in [0.05, 0.1) is 17.3 Å². The smallest absolute Gasteiger partial charge is 0.253 e. The Labute approximate surface area is 156 Å². The molecule has 26 heavy (non-hydrogen) atoms. The number of piperazine rings is 1. The van der Waals surface area contributed by atoms with Gasteiger partial charge in [0.15, 0.2) is 0 Å². The van der Waals surface area contributed by atoms with Gasteiger partial charge in [-0.3, -0.25) is 14.5 Å². The number of carbonyl (C=O) groups excluding carboxylic acids is 2. The molecule has 0 radical (unpaired) electrons. The van der Waals surface area contributed by atoms with Crippen molar-refractivity contribution >= 4 is 29.1 Å². The van der Waals surface area contributed by atoms with E-state index in [0.29, 0.717) is 42.5 Å². The summed E-state index contributed by atoms with van der Waals surface area (Å²) >= 11 is 6.04. The number of hydrogen-bond acceptors (Lipinski definition) is 3. The standard InChI is InChI=1S/C19H19ClFN3O2/c20-16-3-1-2-4-17(16)22-18(25)13-23-9-11-24(12-10-23)19(26)14-5-7-15(21)8-6-14/h1-8H,9-13H2,(H,22,25). The van der Waals surface area contributed by atoms with Crippen molar-refractivity contribution in [2.75, 3.05) is 38.0 Å². The van der Waals surface area contributed by atoms with Crippen molar-refractivity contribution in [2.45, 2.75) is 0 Å². The first-order chi connectivity index (χ1) is 12.5. The van der Waals surface area contributed by atoms with Gasteiger partial charge in [-0.1, -0.05) is 23.7 Å². The molecule has 0 atom stereocenters. The van der Waals surface area contributed by atoms with Crippen LogP contribution in [-0.4, -0.2) is 54.3 Å². The van der Waals surface area contributed by atoms with Gasteiger partial charge in [-0.15, -0.1) is 0 Å². The van der Waals surface area contributed by atoms with E-state index in [4.69, 9.17) is 11.6 Å². The zero-order valence-corrected chi connectivity index (χ0v) is 14.9. The van der Waals surface area contributed by atoms with Gasteiger partial charge in [0.25, 0.3) is 5.91 Å². The van der Waals surface area contributed by atoms with E-state index in [1.165, 1.54) is 24.3 Å². The molecule has 3 rings (SSSR count). The number of amides is 2. The number of benzene rings is 2. The Morgan fingerprint density at radius 3 is 2.31 bits per heavy atom. The Hall–Kier alpha value is -2.44. The summed E-state index contributed by atoms with van der Waals surface area (Å²) in [6.45, 7) is 2.49. The lowest BCUT2D eigenvalue weighted by Crippen LogP contribution is -2.50. The number of hydrogen-bond donors (Lipinski definition) is 1. The van der Waals surface area contributed by atoms with Crippen LogP contribution in [-0.2, 0) is 4.79 Å². The van der Waals surface area contributed by atoms with Crippen LogP contribution in [0.25, 0.3) is 0 Å². The molecule has 1 heterocycles. The first kappa shape index (κ1) is 18.4. The Morgan fingerprint density at radius 1 is 1.00 bits per heavy atom. The second-order valence-electron chi connectivity index (χ2n) is 6.10. The summed E-state index contributed by atoms with van der Waals surface area (Å²) in [6.07, 6.45) is 0. The van der Waals surface area contributed by atoms with Crippen LogP contribution < -0.4 is 5.32 Å². The van der Waals surface area contributed by atoms with E-state index >= 15 is 0 Å². The van der Waals surface area contributed by atoms with Gasteiger partial charge in [0.2, 0.25) is 5.91 Å². The monoisotopic (exact) mass is 375 g/mol. The lowest BCUT2D eigenvalue weighted by atomic mass is 10.2. The summed E-state index contributed by atoms with van der Waals surface area (Å²) in [7, 11) is 0. The van der Waals surface area contributed by atoms with Crippen LogP contribution in [0, 0.1) is 5.82 Å². The maximum absolute atomic E-state index is 13.0. The zero-order chi connectivity index (χ0) is 18.5. The molecule has 0 aliphatic carbocycles. The molecule has 0 saturated carbocycles. The summed E-state index contributed by atoms with van der Waals surface area (Å²) in [4.78, 5) is 28.3. The molecule has 1 N–H and O–H groups in total. The van der Waals surface area contributed by atoms with E-state index in [9.17, 15) is 14.0 Å². The topological polar surface area (TPSA) is 52.7 Å². The van der Waals surface area contributed by atoms with Gasteiger partial charge < -0.3 is 10.2 Å². The van der Waals surface area contributed by atoms with Crippen molar-refractivity contribution in [3.63, 3.8) is 0 Å². The van der Waals surface area contributed by atoms with Crippen LogP contribution >= 0.6 is 11.6 Å². The highest BCUT2D eigenvalue weighted by atomic mass is 35.5. The van der Waals surface area contributed by atoms with Gasteiger partial charge in [-0.25, -0.2) is 4.39 Å². The highest BCUT2D eigenvalue weighted by Crippen LogP contribution is 2.20. The summed E-state index contributed by atoms with van der Waals surface area (Å²) in [5, 5.41) is 3.29. The fraction of sp³-hybridized carbons (Fsp3) is 0.263. The van der Waals surface area contributed by atoms with E-state index in [-0.39, 0.29) is 24.2 Å². The molecule has 1 aliphatic heterocycles. The molecule has 1 aliphatic rings. The minimum Gasteiger partial charge on any atom is -0.336 e. The third kappa shape index (κ3) is 4.59. The fourth-order valence-electron chi connectivity index (χ4n) is 2.84. The SMILES string of the molecule is O=C(CN1CCN(C(=O)c2ccc(F)cc2)CC1)Nc1ccccc1Cl. The van der Waals surface area contributed by atoms with Crippen molar-refractivity contribution in [1.29, 1.82) is 0 Å². The Bertz CT molecular complexity index is 790. The number of para-hydroxylation sites is 1. The van der Waals surface area contributed by atoms with Crippen LogP contribution in [0.5, 0.6) is 0 Å². The van der Waals surface area contributed by atoms with Crippen LogP contribution in [0.2, 0.25) is 5.02 Å².